The Bertz CT molecular complexity index is 1210. The van der Waals surface area contributed by atoms with Gasteiger partial charge in [0, 0.05) is 6.42 Å². The van der Waals surface area contributed by atoms with Crippen molar-refractivity contribution in [3.05, 3.63) is 53.7 Å². The van der Waals surface area contributed by atoms with Gasteiger partial charge < -0.3 is 14.3 Å². The summed E-state index contributed by atoms with van der Waals surface area (Å²) >= 11 is 1.51. The lowest BCUT2D eigenvalue weighted by Gasteiger charge is -2.20. The van der Waals surface area contributed by atoms with Crippen molar-refractivity contribution in [3.8, 4) is 22.8 Å². The molecule has 0 saturated carbocycles. The number of hydrogen-bond donors (Lipinski definition) is 0. The van der Waals surface area contributed by atoms with Crippen LogP contribution in [-0.4, -0.2) is 40.4 Å². The van der Waals surface area contributed by atoms with Gasteiger partial charge in [-0.05, 0) is 30.7 Å². The molecule has 10 heteroatoms. The summed E-state index contributed by atoms with van der Waals surface area (Å²) in [5, 5.41) is 10.3. The van der Waals surface area contributed by atoms with Crippen LogP contribution in [0.4, 0.5) is 5.95 Å². The van der Waals surface area contributed by atoms with Gasteiger partial charge in [-0.3, -0.25) is 0 Å². The number of thiazole rings is 1. The predicted octanol–water partition coefficient (Wildman–Crippen LogP) is 4.43. The van der Waals surface area contributed by atoms with E-state index in [4.69, 9.17) is 14.3 Å². The molecule has 0 unspecified atom stereocenters. The number of ether oxygens (including phenoxy) is 2. The van der Waals surface area contributed by atoms with Crippen molar-refractivity contribution in [3.63, 3.8) is 0 Å². The van der Waals surface area contributed by atoms with Gasteiger partial charge in [-0.1, -0.05) is 25.1 Å². The van der Waals surface area contributed by atoms with Crippen LogP contribution >= 0.6 is 11.3 Å². The molecule has 0 bridgehead atoms. The summed E-state index contributed by atoms with van der Waals surface area (Å²) in [6.07, 6.45) is 2.43. The van der Waals surface area contributed by atoms with Crippen LogP contribution in [0.15, 0.2) is 48.7 Å². The van der Waals surface area contributed by atoms with Crippen LogP contribution in [0, 0.1) is 0 Å². The number of carbonyl (C=O) groups excluding carboxylic acids is 1. The van der Waals surface area contributed by atoms with Gasteiger partial charge in [-0.15, -0.1) is 16.4 Å². The van der Waals surface area contributed by atoms with Gasteiger partial charge in [-0.2, -0.15) is 10.2 Å². The minimum absolute atomic E-state index is 0.129. The minimum Gasteiger partial charge on any atom is -0.496 e. The number of carbonyl (C=O) groups is 1. The third-order valence-corrected chi connectivity index (χ3v) is 5.76. The van der Waals surface area contributed by atoms with E-state index in [-0.39, 0.29) is 24.9 Å². The van der Waals surface area contributed by atoms with E-state index < -0.39 is 0 Å². The average molecular weight is 466 g/mol. The molecule has 9 nitrogen and oxygen atoms in total. The number of hydroxylamine groups is 1. The van der Waals surface area contributed by atoms with E-state index >= 15 is 0 Å². The predicted molar refractivity (Wildman–Crippen MR) is 125 cm³/mol. The lowest BCUT2D eigenvalue weighted by Crippen LogP contribution is -2.28. The molecule has 33 heavy (non-hydrogen) atoms. The Morgan fingerprint density at radius 1 is 1.03 bits per heavy atom. The summed E-state index contributed by atoms with van der Waals surface area (Å²) in [7, 11) is 3.14. The molecule has 0 radical (unpaired) electrons. The first kappa shape index (κ1) is 22.4. The van der Waals surface area contributed by atoms with Gasteiger partial charge >= 0.3 is 5.97 Å². The van der Waals surface area contributed by atoms with Gasteiger partial charge in [-0.25, -0.2) is 14.8 Å². The number of para-hydroxylation sites is 1. The number of anilines is 1. The van der Waals surface area contributed by atoms with E-state index in [9.17, 15) is 4.79 Å². The van der Waals surface area contributed by atoms with Crippen LogP contribution in [0.3, 0.4) is 0 Å². The minimum atomic E-state index is -0.387. The Balaban J connectivity index is 1.72. The van der Waals surface area contributed by atoms with Crippen LogP contribution in [0.2, 0.25) is 0 Å². The van der Waals surface area contributed by atoms with E-state index in [1.165, 1.54) is 22.6 Å². The number of nitrogens with zero attached hydrogens (tertiary/aromatic N) is 5. The monoisotopic (exact) mass is 465 g/mol. The first-order valence-corrected chi connectivity index (χ1v) is 11.2. The highest BCUT2D eigenvalue weighted by atomic mass is 32.1. The molecule has 0 atom stereocenters. The molecule has 2 heterocycles. The quantitative estimate of drug-likeness (QED) is 0.332. The molecule has 0 N–H and O–H groups in total. The first-order chi connectivity index (χ1) is 16.1. The molecule has 0 amide bonds. The second-order valence-electron chi connectivity index (χ2n) is 7.00. The largest absolute Gasteiger partial charge is 0.496 e. The molecular formula is C23H23N5O4S. The number of methoxy groups -OCH3 is 2. The molecule has 4 aromatic rings. The van der Waals surface area contributed by atoms with Crippen LogP contribution < -0.4 is 14.5 Å². The summed E-state index contributed by atoms with van der Waals surface area (Å²) in [5.41, 5.74) is 1.97. The van der Waals surface area contributed by atoms with Crippen LogP contribution in [0.5, 0.6) is 11.5 Å². The third-order valence-electron chi connectivity index (χ3n) is 4.74. The number of benzene rings is 2. The summed E-state index contributed by atoms with van der Waals surface area (Å²) in [6, 6.07) is 13.3. The SMILES string of the molecule is CCCC(=O)ON(Cc1nc2ccccc2s1)c1nncc(-c2c(OC)cccc2OC)n1. The molecule has 2 aromatic carbocycles. The zero-order valence-electron chi connectivity index (χ0n) is 18.5. The van der Waals surface area contributed by atoms with Gasteiger partial charge in [0.05, 0.1) is 36.2 Å². The number of fused-ring (bicyclic) bond motifs is 1. The summed E-state index contributed by atoms with van der Waals surface area (Å²) in [5.74, 6) is 0.884. The van der Waals surface area contributed by atoms with Crippen LogP contribution in [0.1, 0.15) is 24.8 Å². The highest BCUT2D eigenvalue weighted by molar-refractivity contribution is 7.18. The molecule has 0 spiro atoms. The highest BCUT2D eigenvalue weighted by Crippen LogP contribution is 2.37. The molecule has 4 rings (SSSR count). The Morgan fingerprint density at radius 3 is 2.48 bits per heavy atom. The maximum atomic E-state index is 12.3. The fraction of sp³-hybridized carbons (Fsp3) is 0.261. The zero-order chi connectivity index (χ0) is 23.2. The molecule has 170 valence electrons. The summed E-state index contributed by atoms with van der Waals surface area (Å²) in [4.78, 5) is 27.2. The fourth-order valence-electron chi connectivity index (χ4n) is 3.25. The zero-order valence-corrected chi connectivity index (χ0v) is 19.3. The Kier molecular flexibility index (Phi) is 6.94. The summed E-state index contributed by atoms with van der Waals surface area (Å²) in [6.45, 7) is 2.09. The molecule has 0 fully saturated rings. The van der Waals surface area contributed by atoms with Crippen molar-refractivity contribution in [2.75, 3.05) is 19.3 Å². The molecule has 0 aliphatic heterocycles. The molecular weight excluding hydrogens is 442 g/mol. The van der Waals surface area contributed by atoms with Gasteiger partial charge in [0.1, 0.15) is 28.7 Å². The van der Waals surface area contributed by atoms with Crippen molar-refractivity contribution < 1.29 is 19.1 Å². The van der Waals surface area contributed by atoms with E-state index in [2.05, 4.69) is 20.2 Å². The van der Waals surface area contributed by atoms with Gasteiger partial charge in [0.25, 0.3) is 5.95 Å². The molecule has 0 aliphatic carbocycles. The summed E-state index contributed by atoms with van der Waals surface area (Å²) < 4.78 is 12.0. The fourth-order valence-corrected chi connectivity index (χ4v) is 4.20. The van der Waals surface area contributed by atoms with Crippen molar-refractivity contribution in [1.82, 2.24) is 20.2 Å². The lowest BCUT2D eigenvalue weighted by molar-refractivity contribution is -0.145. The number of aromatic nitrogens is 4. The number of hydrogen-bond acceptors (Lipinski definition) is 10. The average Bonchev–Trinajstić information content (AvgIpc) is 3.25. The van der Waals surface area contributed by atoms with Crippen LogP contribution in [0.25, 0.3) is 21.5 Å². The maximum Gasteiger partial charge on any atom is 0.332 e. The standard InChI is InChI=1S/C23H23N5O4S/c1-4-8-21(29)32-28(14-20-25-15-9-5-6-12-19(15)33-20)23-26-16(13-24-27-23)22-17(30-2)10-7-11-18(22)31-3/h5-7,9-13H,4,8,14H2,1-3H3. The van der Waals surface area contributed by atoms with Gasteiger partial charge in [0.15, 0.2) is 0 Å². The smallest absolute Gasteiger partial charge is 0.332 e. The first-order valence-electron chi connectivity index (χ1n) is 10.4. The van der Waals surface area contributed by atoms with Crippen molar-refractivity contribution in [1.29, 1.82) is 0 Å². The van der Waals surface area contributed by atoms with Crippen molar-refractivity contribution in [2.45, 2.75) is 26.3 Å². The van der Waals surface area contributed by atoms with E-state index in [0.717, 1.165) is 15.2 Å². The second kappa shape index (κ2) is 10.2. The number of rotatable bonds is 9. The Hall–Kier alpha value is -3.79. The molecule has 2 aromatic heterocycles. The Morgan fingerprint density at radius 2 is 1.79 bits per heavy atom. The van der Waals surface area contributed by atoms with Gasteiger partial charge in [0.2, 0.25) is 0 Å². The van der Waals surface area contributed by atoms with Crippen molar-refractivity contribution in [2.24, 2.45) is 0 Å². The normalized spacial score (nSPS) is 10.8. The Labute approximate surface area is 194 Å². The molecule has 0 aliphatic rings. The molecule has 0 saturated heterocycles. The highest BCUT2D eigenvalue weighted by Gasteiger charge is 2.21. The van der Waals surface area contributed by atoms with E-state index in [1.807, 2.05) is 37.3 Å². The second-order valence-corrected chi connectivity index (χ2v) is 8.12. The topological polar surface area (TPSA) is 99.6 Å². The van der Waals surface area contributed by atoms with Crippen LogP contribution in [-0.2, 0) is 16.2 Å². The van der Waals surface area contributed by atoms with E-state index in [0.29, 0.717) is 29.2 Å². The van der Waals surface area contributed by atoms with E-state index in [1.54, 1.807) is 26.4 Å². The lowest BCUT2D eigenvalue weighted by atomic mass is 10.1. The van der Waals surface area contributed by atoms with Crippen molar-refractivity contribution >= 4 is 33.5 Å². The maximum absolute atomic E-state index is 12.3. The third kappa shape index (κ3) is 5.01.